The number of hydrogen-bond donors (Lipinski definition) is 4. The zero-order valence-electron chi connectivity index (χ0n) is 8.29. The molecule has 0 amide bonds. The maximum atomic E-state index is 8.65. The van der Waals surface area contributed by atoms with Crippen LogP contribution in [0.15, 0.2) is 36.9 Å². The normalized spacial score (nSPS) is 7.27. The van der Waals surface area contributed by atoms with Crippen LogP contribution in [0.3, 0.4) is 0 Å². The smallest absolute Gasteiger partial charge is 0.503 e. The lowest BCUT2D eigenvalue weighted by Gasteiger charge is -1.89. The Balaban J connectivity index is 0. The Labute approximate surface area is 87.6 Å². The van der Waals surface area contributed by atoms with E-state index in [4.69, 9.17) is 25.2 Å². The molecule has 0 heterocycles. The summed E-state index contributed by atoms with van der Waals surface area (Å²) in [6, 6.07) is 5.85. The second-order valence-corrected chi connectivity index (χ2v) is 2.21. The number of aromatic hydroxyl groups is 2. The topological polar surface area (TPSA) is 98.0 Å². The van der Waals surface area contributed by atoms with Crippen LogP contribution in [0.4, 0.5) is 4.79 Å². The quantitative estimate of drug-likeness (QED) is 0.497. The Hall–Kier alpha value is -2.17. The molecule has 0 atom stereocenters. The van der Waals surface area contributed by atoms with E-state index in [1.165, 1.54) is 18.2 Å². The van der Waals surface area contributed by atoms with E-state index in [-0.39, 0.29) is 11.5 Å². The molecule has 5 nitrogen and oxygen atoms in total. The molecule has 84 valence electrons. The Morgan fingerprint density at radius 1 is 1.27 bits per heavy atom. The van der Waals surface area contributed by atoms with Crippen molar-refractivity contribution in [2.75, 3.05) is 0 Å². The maximum Gasteiger partial charge on any atom is 0.503 e. The van der Waals surface area contributed by atoms with Gasteiger partial charge in [-0.25, -0.2) is 4.79 Å². The number of hydrogen-bond acceptors (Lipinski definition) is 3. The summed E-state index contributed by atoms with van der Waals surface area (Å²) >= 11 is 0. The van der Waals surface area contributed by atoms with E-state index in [0.29, 0.717) is 0 Å². The Morgan fingerprint density at radius 3 is 1.67 bits per heavy atom. The van der Waals surface area contributed by atoms with Crippen molar-refractivity contribution in [3.8, 4) is 11.5 Å². The van der Waals surface area contributed by atoms with E-state index in [0.717, 1.165) is 0 Å². The van der Waals surface area contributed by atoms with Crippen molar-refractivity contribution >= 4 is 6.16 Å². The molecule has 4 N–H and O–H groups in total. The van der Waals surface area contributed by atoms with E-state index in [1.807, 2.05) is 6.92 Å². The third-order valence-electron chi connectivity index (χ3n) is 0.830. The minimum Gasteiger partial charge on any atom is -0.508 e. The molecule has 0 unspecified atom stereocenters. The van der Waals surface area contributed by atoms with E-state index < -0.39 is 6.16 Å². The first-order chi connectivity index (χ1) is 6.93. The highest BCUT2D eigenvalue weighted by molar-refractivity contribution is 5.53. The fraction of sp³-hybridized carbons (Fsp3) is 0.100. The SMILES string of the molecule is C=CC.O=C(O)O.Oc1cccc(O)c1. The molecule has 15 heavy (non-hydrogen) atoms. The summed E-state index contributed by atoms with van der Waals surface area (Å²) in [4.78, 5) is 8.56. The molecule has 1 aromatic rings. The minimum absolute atomic E-state index is 0.0880. The number of phenolic OH excluding ortho intramolecular Hbond substituents is 2. The Morgan fingerprint density at radius 2 is 1.53 bits per heavy atom. The number of allylic oxidation sites excluding steroid dienone is 1. The summed E-state index contributed by atoms with van der Waals surface area (Å²) in [5.41, 5.74) is 0. The lowest BCUT2D eigenvalue weighted by Crippen LogP contribution is -1.81. The van der Waals surface area contributed by atoms with Crippen LogP contribution < -0.4 is 0 Å². The first-order valence-corrected chi connectivity index (χ1v) is 3.91. The Kier molecular flexibility index (Phi) is 10.1. The van der Waals surface area contributed by atoms with E-state index >= 15 is 0 Å². The molecule has 5 heteroatoms. The molecule has 1 rings (SSSR count). The highest BCUT2D eigenvalue weighted by Gasteiger charge is 1.85. The fourth-order valence-electron chi connectivity index (χ4n) is 0.493. The van der Waals surface area contributed by atoms with Crippen LogP contribution in [0.5, 0.6) is 11.5 Å². The molecule has 0 radical (unpaired) electrons. The zero-order chi connectivity index (χ0) is 12.3. The second kappa shape index (κ2) is 9.91. The fourth-order valence-corrected chi connectivity index (χ4v) is 0.493. The molecule has 0 aliphatic carbocycles. The van der Waals surface area contributed by atoms with Gasteiger partial charge in [-0.05, 0) is 19.1 Å². The summed E-state index contributed by atoms with van der Waals surface area (Å²) in [5.74, 6) is 0.176. The van der Waals surface area contributed by atoms with Crippen LogP contribution in [0, 0.1) is 0 Å². The molecular weight excluding hydrogens is 200 g/mol. The van der Waals surface area contributed by atoms with Crippen molar-refractivity contribution in [1.82, 2.24) is 0 Å². The molecule has 1 aromatic carbocycles. The van der Waals surface area contributed by atoms with Crippen molar-refractivity contribution in [1.29, 1.82) is 0 Å². The van der Waals surface area contributed by atoms with Crippen molar-refractivity contribution < 1.29 is 25.2 Å². The lowest BCUT2D eigenvalue weighted by molar-refractivity contribution is 0.137. The average Bonchev–Trinajstić information content (AvgIpc) is 2.03. The Bertz CT molecular complexity index is 274. The third-order valence-corrected chi connectivity index (χ3v) is 0.830. The molecule has 0 saturated heterocycles. The van der Waals surface area contributed by atoms with Crippen LogP contribution in [0.25, 0.3) is 0 Å². The maximum absolute atomic E-state index is 8.65. The number of carbonyl (C=O) groups is 1. The van der Waals surface area contributed by atoms with Gasteiger partial charge < -0.3 is 20.4 Å². The van der Waals surface area contributed by atoms with Crippen molar-refractivity contribution in [2.45, 2.75) is 6.92 Å². The molecule has 0 saturated carbocycles. The van der Waals surface area contributed by atoms with E-state index in [2.05, 4.69) is 6.58 Å². The largest absolute Gasteiger partial charge is 0.508 e. The summed E-state index contributed by atoms with van der Waals surface area (Å²) in [6.45, 7) is 5.25. The van der Waals surface area contributed by atoms with Crippen LogP contribution >= 0.6 is 0 Å². The molecule has 0 aromatic heterocycles. The standard InChI is InChI=1S/C6H6O2.C3H6.CH2O3/c7-5-2-1-3-6(8)4-5;1-3-2;2-1(3)4/h1-4,7-8H;3H,1H2,2H3;(H2,2,3,4). The number of benzene rings is 1. The highest BCUT2D eigenvalue weighted by atomic mass is 16.6. The molecule has 0 fully saturated rings. The lowest BCUT2D eigenvalue weighted by atomic mass is 10.3. The molecule has 0 aliphatic heterocycles. The van der Waals surface area contributed by atoms with Crippen molar-refractivity contribution in [3.05, 3.63) is 36.9 Å². The summed E-state index contributed by atoms with van der Waals surface area (Å²) < 4.78 is 0. The van der Waals surface area contributed by atoms with Crippen LogP contribution in [-0.2, 0) is 0 Å². The van der Waals surface area contributed by atoms with Gasteiger partial charge in [0.2, 0.25) is 0 Å². The van der Waals surface area contributed by atoms with E-state index in [1.54, 1.807) is 12.1 Å². The summed E-state index contributed by atoms with van der Waals surface area (Å²) in [6.07, 6.45) is -0.0833. The monoisotopic (exact) mass is 214 g/mol. The van der Waals surface area contributed by atoms with Crippen LogP contribution in [0.2, 0.25) is 0 Å². The molecule has 0 aliphatic rings. The van der Waals surface area contributed by atoms with Gasteiger partial charge in [0.15, 0.2) is 0 Å². The van der Waals surface area contributed by atoms with Crippen molar-refractivity contribution in [3.63, 3.8) is 0 Å². The highest BCUT2D eigenvalue weighted by Crippen LogP contribution is 2.14. The van der Waals surface area contributed by atoms with E-state index in [9.17, 15) is 0 Å². The molecule has 0 spiro atoms. The number of rotatable bonds is 0. The third kappa shape index (κ3) is 18.6. The zero-order valence-corrected chi connectivity index (χ0v) is 8.29. The number of carboxylic acid groups (broad SMARTS) is 2. The summed E-state index contributed by atoms with van der Waals surface area (Å²) in [5, 5.41) is 31.3. The van der Waals surface area contributed by atoms with Gasteiger partial charge in [-0.1, -0.05) is 12.1 Å². The van der Waals surface area contributed by atoms with Gasteiger partial charge >= 0.3 is 6.16 Å². The second-order valence-electron chi connectivity index (χ2n) is 2.21. The van der Waals surface area contributed by atoms with Gasteiger partial charge in [0.05, 0.1) is 0 Å². The predicted octanol–water partition coefficient (Wildman–Crippen LogP) is 2.51. The van der Waals surface area contributed by atoms with Crippen LogP contribution in [0.1, 0.15) is 6.92 Å². The average molecular weight is 214 g/mol. The van der Waals surface area contributed by atoms with Gasteiger partial charge in [-0.3, -0.25) is 0 Å². The molecular formula is C10H14O5. The van der Waals surface area contributed by atoms with Gasteiger partial charge in [-0.2, -0.15) is 0 Å². The van der Waals surface area contributed by atoms with Gasteiger partial charge in [0.25, 0.3) is 0 Å². The van der Waals surface area contributed by atoms with Gasteiger partial charge in [-0.15, -0.1) is 6.58 Å². The first-order valence-electron chi connectivity index (χ1n) is 3.91. The number of phenols is 2. The summed E-state index contributed by atoms with van der Waals surface area (Å²) in [7, 11) is 0. The minimum atomic E-state index is -1.83. The van der Waals surface area contributed by atoms with Gasteiger partial charge in [0, 0.05) is 6.07 Å². The van der Waals surface area contributed by atoms with Crippen LogP contribution in [-0.4, -0.2) is 26.6 Å². The molecule has 0 bridgehead atoms. The first kappa shape index (κ1) is 15.3. The predicted molar refractivity (Wildman–Crippen MR) is 56.3 cm³/mol. The van der Waals surface area contributed by atoms with Gasteiger partial charge in [0.1, 0.15) is 11.5 Å². The van der Waals surface area contributed by atoms with Crippen molar-refractivity contribution in [2.24, 2.45) is 0 Å².